The van der Waals surface area contributed by atoms with Gasteiger partial charge >= 0.3 is 0 Å². The van der Waals surface area contributed by atoms with Gasteiger partial charge in [0.15, 0.2) is 11.5 Å². The lowest BCUT2D eigenvalue weighted by Gasteiger charge is -2.26. The average Bonchev–Trinajstić information content (AvgIpc) is 3.26. The third kappa shape index (κ3) is 4.83. The van der Waals surface area contributed by atoms with E-state index < -0.39 is 0 Å². The lowest BCUT2D eigenvalue weighted by Crippen LogP contribution is -2.31. The van der Waals surface area contributed by atoms with Gasteiger partial charge in [-0.3, -0.25) is 14.9 Å². The van der Waals surface area contributed by atoms with E-state index in [0.717, 1.165) is 61.6 Å². The minimum atomic E-state index is 0.287. The summed E-state index contributed by atoms with van der Waals surface area (Å²) in [4.78, 5) is 11.2. The third-order valence-corrected chi connectivity index (χ3v) is 5.28. The zero-order chi connectivity index (χ0) is 20.1. The fraction of sp³-hybridized carbons (Fsp3) is 0.391. The SMILES string of the molecule is COc1ccc(CN(Cc2ccc3nccnc3c2)CC2CCCO2)cc1OC. The molecule has 29 heavy (non-hydrogen) atoms. The minimum absolute atomic E-state index is 0.287. The molecule has 0 amide bonds. The number of methoxy groups -OCH3 is 2. The average molecular weight is 393 g/mol. The highest BCUT2D eigenvalue weighted by atomic mass is 16.5. The van der Waals surface area contributed by atoms with Crippen molar-refractivity contribution in [3.05, 3.63) is 59.9 Å². The molecule has 3 aromatic rings. The van der Waals surface area contributed by atoms with Crippen LogP contribution in [0.4, 0.5) is 0 Å². The Morgan fingerprint density at radius 2 is 1.66 bits per heavy atom. The zero-order valence-electron chi connectivity index (χ0n) is 17.0. The molecule has 6 nitrogen and oxygen atoms in total. The van der Waals surface area contributed by atoms with Gasteiger partial charge in [0.1, 0.15) is 0 Å². The van der Waals surface area contributed by atoms with Gasteiger partial charge in [0.25, 0.3) is 0 Å². The lowest BCUT2D eigenvalue weighted by atomic mass is 10.1. The third-order valence-electron chi connectivity index (χ3n) is 5.28. The van der Waals surface area contributed by atoms with Crippen molar-refractivity contribution in [1.29, 1.82) is 0 Å². The molecule has 1 fully saturated rings. The molecule has 0 aliphatic carbocycles. The Bertz CT molecular complexity index is 957. The van der Waals surface area contributed by atoms with Crippen molar-refractivity contribution in [3.63, 3.8) is 0 Å². The summed E-state index contributed by atoms with van der Waals surface area (Å²) in [6, 6.07) is 12.4. The Hall–Kier alpha value is -2.70. The summed E-state index contributed by atoms with van der Waals surface area (Å²) in [6.07, 6.45) is 6.00. The van der Waals surface area contributed by atoms with Gasteiger partial charge in [-0.05, 0) is 48.2 Å². The van der Waals surface area contributed by atoms with Crippen LogP contribution in [0.3, 0.4) is 0 Å². The van der Waals surface area contributed by atoms with E-state index in [2.05, 4.69) is 33.1 Å². The van der Waals surface area contributed by atoms with E-state index in [1.807, 2.05) is 18.2 Å². The van der Waals surface area contributed by atoms with Crippen molar-refractivity contribution in [1.82, 2.24) is 14.9 Å². The van der Waals surface area contributed by atoms with Crippen LogP contribution < -0.4 is 9.47 Å². The summed E-state index contributed by atoms with van der Waals surface area (Å²) in [5, 5.41) is 0. The van der Waals surface area contributed by atoms with Gasteiger partial charge in [-0.15, -0.1) is 0 Å². The highest BCUT2D eigenvalue weighted by molar-refractivity contribution is 5.74. The molecule has 1 aliphatic rings. The number of aromatic nitrogens is 2. The van der Waals surface area contributed by atoms with Gasteiger partial charge < -0.3 is 14.2 Å². The Morgan fingerprint density at radius 1 is 0.931 bits per heavy atom. The van der Waals surface area contributed by atoms with Crippen molar-refractivity contribution >= 4 is 11.0 Å². The predicted octanol–water partition coefficient (Wildman–Crippen LogP) is 3.83. The molecule has 1 unspecified atom stereocenters. The van der Waals surface area contributed by atoms with E-state index in [9.17, 15) is 0 Å². The fourth-order valence-electron chi connectivity index (χ4n) is 3.86. The van der Waals surface area contributed by atoms with Crippen LogP contribution in [0, 0.1) is 0 Å². The van der Waals surface area contributed by atoms with Gasteiger partial charge in [-0.25, -0.2) is 0 Å². The predicted molar refractivity (Wildman–Crippen MR) is 112 cm³/mol. The second-order valence-electron chi connectivity index (χ2n) is 7.37. The van der Waals surface area contributed by atoms with Crippen LogP contribution in [-0.2, 0) is 17.8 Å². The van der Waals surface area contributed by atoms with Crippen LogP contribution >= 0.6 is 0 Å². The summed E-state index contributed by atoms with van der Waals surface area (Å²) in [5.41, 5.74) is 4.24. The van der Waals surface area contributed by atoms with Crippen molar-refractivity contribution in [3.8, 4) is 11.5 Å². The monoisotopic (exact) mass is 393 g/mol. The van der Waals surface area contributed by atoms with E-state index >= 15 is 0 Å². The molecular formula is C23H27N3O3. The van der Waals surface area contributed by atoms with Crippen molar-refractivity contribution in [2.45, 2.75) is 32.0 Å². The first kappa shape index (κ1) is 19.6. The highest BCUT2D eigenvalue weighted by Crippen LogP contribution is 2.28. The van der Waals surface area contributed by atoms with Crippen LogP contribution in [0.2, 0.25) is 0 Å². The Kier molecular flexibility index (Phi) is 6.22. The summed E-state index contributed by atoms with van der Waals surface area (Å²) in [6.45, 7) is 3.38. The van der Waals surface area contributed by atoms with E-state index in [1.54, 1.807) is 26.6 Å². The first-order valence-electron chi connectivity index (χ1n) is 9.99. The minimum Gasteiger partial charge on any atom is -0.493 e. The molecule has 1 atom stereocenters. The summed E-state index contributed by atoms with van der Waals surface area (Å²) >= 11 is 0. The van der Waals surface area contributed by atoms with Gasteiger partial charge in [0.2, 0.25) is 0 Å². The fourth-order valence-corrected chi connectivity index (χ4v) is 3.86. The standard InChI is InChI=1S/C23H27N3O3/c1-27-22-8-6-18(13-23(22)28-2)15-26(16-19-4-3-11-29-19)14-17-5-7-20-21(12-17)25-10-9-24-20/h5-10,12-13,19H,3-4,11,14-16H2,1-2H3. The molecule has 0 spiro atoms. The second kappa shape index (κ2) is 9.20. The van der Waals surface area contributed by atoms with Gasteiger partial charge in [0, 0.05) is 38.6 Å². The van der Waals surface area contributed by atoms with E-state index in [4.69, 9.17) is 14.2 Å². The largest absolute Gasteiger partial charge is 0.493 e. The zero-order valence-corrected chi connectivity index (χ0v) is 17.0. The molecule has 4 rings (SSSR count). The normalized spacial score (nSPS) is 16.4. The maximum atomic E-state index is 5.90. The number of ether oxygens (including phenoxy) is 3. The van der Waals surface area contributed by atoms with Crippen LogP contribution in [-0.4, -0.2) is 48.3 Å². The maximum absolute atomic E-state index is 5.90. The number of benzene rings is 2. The molecule has 2 aromatic carbocycles. The number of hydrogen-bond acceptors (Lipinski definition) is 6. The molecule has 152 valence electrons. The molecule has 0 saturated carbocycles. The quantitative estimate of drug-likeness (QED) is 0.580. The molecular weight excluding hydrogens is 366 g/mol. The smallest absolute Gasteiger partial charge is 0.161 e. The van der Waals surface area contributed by atoms with Crippen LogP contribution in [0.5, 0.6) is 11.5 Å². The van der Waals surface area contributed by atoms with Crippen molar-refractivity contribution < 1.29 is 14.2 Å². The number of nitrogens with zero attached hydrogens (tertiary/aromatic N) is 3. The Labute approximate surface area is 171 Å². The topological polar surface area (TPSA) is 56.7 Å². The highest BCUT2D eigenvalue weighted by Gasteiger charge is 2.20. The van der Waals surface area contributed by atoms with Crippen molar-refractivity contribution in [2.24, 2.45) is 0 Å². The van der Waals surface area contributed by atoms with Crippen LogP contribution in [0.1, 0.15) is 24.0 Å². The second-order valence-corrected chi connectivity index (χ2v) is 7.37. The lowest BCUT2D eigenvalue weighted by molar-refractivity contribution is 0.0679. The number of hydrogen-bond donors (Lipinski definition) is 0. The Balaban J connectivity index is 1.55. The van der Waals surface area contributed by atoms with E-state index in [0.29, 0.717) is 0 Å². The Morgan fingerprint density at radius 3 is 2.38 bits per heavy atom. The molecule has 2 heterocycles. The molecule has 1 aromatic heterocycles. The molecule has 1 aliphatic heterocycles. The van der Waals surface area contributed by atoms with E-state index in [1.165, 1.54) is 11.1 Å². The van der Waals surface area contributed by atoms with Gasteiger partial charge in [0.05, 0.1) is 31.4 Å². The van der Waals surface area contributed by atoms with Gasteiger partial charge in [-0.2, -0.15) is 0 Å². The summed E-state index contributed by atoms with van der Waals surface area (Å²) < 4.78 is 16.7. The summed E-state index contributed by atoms with van der Waals surface area (Å²) in [5.74, 6) is 1.50. The maximum Gasteiger partial charge on any atom is 0.161 e. The molecule has 1 saturated heterocycles. The number of rotatable bonds is 8. The first-order chi connectivity index (χ1) is 14.2. The number of fused-ring (bicyclic) bond motifs is 1. The summed E-state index contributed by atoms with van der Waals surface area (Å²) in [7, 11) is 3.33. The molecule has 0 bridgehead atoms. The van der Waals surface area contributed by atoms with E-state index in [-0.39, 0.29) is 6.10 Å². The van der Waals surface area contributed by atoms with Crippen molar-refractivity contribution in [2.75, 3.05) is 27.4 Å². The molecule has 0 radical (unpaired) electrons. The van der Waals surface area contributed by atoms with Crippen LogP contribution in [0.15, 0.2) is 48.8 Å². The van der Waals surface area contributed by atoms with Gasteiger partial charge in [-0.1, -0.05) is 12.1 Å². The molecule has 6 heteroatoms. The molecule has 0 N–H and O–H groups in total. The van der Waals surface area contributed by atoms with Crippen LogP contribution in [0.25, 0.3) is 11.0 Å². The first-order valence-corrected chi connectivity index (χ1v) is 9.99.